The number of halogens is 2. The van der Waals surface area contributed by atoms with Gasteiger partial charge in [0.2, 0.25) is 0 Å². The van der Waals surface area contributed by atoms with Crippen LogP contribution in [-0.2, 0) is 0 Å². The molecule has 6 rings (SSSR count). The minimum absolute atomic E-state index is 0.0717. The summed E-state index contributed by atoms with van der Waals surface area (Å²) >= 11 is 12.9. The Morgan fingerprint density at radius 3 is 2.46 bits per heavy atom. The zero-order valence-electron chi connectivity index (χ0n) is 20.4. The minimum atomic E-state index is 0.0717. The lowest BCUT2D eigenvalue weighted by atomic mass is 9.98. The maximum Gasteiger partial charge on any atom is 0.169 e. The lowest BCUT2D eigenvalue weighted by Gasteiger charge is -2.16. The average Bonchev–Trinajstić information content (AvgIpc) is 3.64. The molecule has 2 fully saturated rings. The molecular formula is C29H27Cl2N5O. The first kappa shape index (κ1) is 24.2. The van der Waals surface area contributed by atoms with Gasteiger partial charge in [0.05, 0.1) is 28.7 Å². The maximum atomic E-state index is 13.2. The Hall–Kier alpha value is -3.19. The number of hydrogen-bond donors (Lipinski definition) is 3. The van der Waals surface area contributed by atoms with Crippen molar-refractivity contribution in [2.45, 2.75) is 32.2 Å². The van der Waals surface area contributed by atoms with Crippen LogP contribution in [0.4, 0.5) is 17.2 Å². The Morgan fingerprint density at radius 2 is 1.78 bits per heavy atom. The van der Waals surface area contributed by atoms with Crippen LogP contribution in [0.2, 0.25) is 10.0 Å². The van der Waals surface area contributed by atoms with Gasteiger partial charge in [-0.3, -0.25) is 9.78 Å². The smallest absolute Gasteiger partial charge is 0.169 e. The van der Waals surface area contributed by atoms with Gasteiger partial charge in [-0.2, -0.15) is 0 Å². The molecule has 8 heteroatoms. The van der Waals surface area contributed by atoms with Crippen LogP contribution in [0.1, 0.15) is 35.2 Å². The minimum Gasteiger partial charge on any atom is -0.366 e. The first-order chi connectivity index (χ1) is 18.0. The second-order valence-corrected chi connectivity index (χ2v) is 10.7. The Kier molecular flexibility index (Phi) is 6.49. The molecule has 0 bridgehead atoms. The third-order valence-electron chi connectivity index (χ3n) is 7.14. The highest BCUT2D eigenvalue weighted by atomic mass is 35.5. The maximum absolute atomic E-state index is 13.2. The quantitative estimate of drug-likeness (QED) is 0.222. The predicted molar refractivity (Wildman–Crippen MR) is 151 cm³/mol. The van der Waals surface area contributed by atoms with Crippen molar-refractivity contribution in [3.63, 3.8) is 0 Å². The summed E-state index contributed by atoms with van der Waals surface area (Å²) in [5.41, 5.74) is 5.65. The van der Waals surface area contributed by atoms with Gasteiger partial charge < -0.3 is 16.0 Å². The number of carbonyl (C=O) groups excluding carboxylic acids is 1. The van der Waals surface area contributed by atoms with E-state index in [1.165, 1.54) is 0 Å². The lowest BCUT2D eigenvalue weighted by Crippen LogP contribution is -2.22. The van der Waals surface area contributed by atoms with Gasteiger partial charge in [-0.1, -0.05) is 29.3 Å². The molecule has 1 saturated carbocycles. The SMILES string of the molecule is Cc1c(Cl)cc(-c2ccc3ncc(C(=O)C4CC4)c(Nc4ccc(NC5CCNC5)nc4)c3c2)cc1Cl. The summed E-state index contributed by atoms with van der Waals surface area (Å²) in [6.07, 6.45) is 6.42. The molecule has 1 unspecified atom stereocenters. The summed E-state index contributed by atoms with van der Waals surface area (Å²) in [4.78, 5) is 22.5. The molecule has 0 radical (unpaired) electrons. The molecule has 188 valence electrons. The Morgan fingerprint density at radius 1 is 0.973 bits per heavy atom. The van der Waals surface area contributed by atoms with Gasteiger partial charge in [-0.25, -0.2) is 4.98 Å². The van der Waals surface area contributed by atoms with E-state index in [-0.39, 0.29) is 11.7 Å². The highest BCUT2D eigenvalue weighted by Crippen LogP contribution is 2.39. The van der Waals surface area contributed by atoms with Gasteiger partial charge >= 0.3 is 0 Å². The third kappa shape index (κ3) is 5.01. The number of hydrogen-bond acceptors (Lipinski definition) is 6. The van der Waals surface area contributed by atoms with Gasteiger partial charge in [0.15, 0.2) is 5.78 Å². The molecule has 1 aliphatic heterocycles. The fraction of sp³-hybridized carbons (Fsp3) is 0.276. The molecule has 1 aliphatic carbocycles. The monoisotopic (exact) mass is 531 g/mol. The van der Waals surface area contributed by atoms with Gasteiger partial charge in [-0.05, 0) is 85.8 Å². The van der Waals surface area contributed by atoms with E-state index in [9.17, 15) is 4.79 Å². The van der Waals surface area contributed by atoms with Crippen LogP contribution in [0.5, 0.6) is 0 Å². The largest absolute Gasteiger partial charge is 0.366 e. The van der Waals surface area contributed by atoms with Crippen LogP contribution in [0.15, 0.2) is 54.9 Å². The van der Waals surface area contributed by atoms with E-state index in [1.807, 2.05) is 49.4 Å². The van der Waals surface area contributed by atoms with E-state index in [1.54, 1.807) is 12.4 Å². The van der Waals surface area contributed by atoms with Gasteiger partial charge in [0.1, 0.15) is 5.82 Å². The van der Waals surface area contributed by atoms with E-state index in [0.717, 1.165) is 77.1 Å². The molecule has 1 saturated heterocycles. The molecule has 1 atom stereocenters. The van der Waals surface area contributed by atoms with Crippen LogP contribution < -0.4 is 16.0 Å². The summed E-state index contributed by atoms with van der Waals surface area (Å²) in [5.74, 6) is 1.04. The third-order valence-corrected chi connectivity index (χ3v) is 7.93. The number of aromatic nitrogens is 2. The van der Waals surface area contributed by atoms with Gasteiger partial charge in [0.25, 0.3) is 0 Å². The summed E-state index contributed by atoms with van der Waals surface area (Å²) in [7, 11) is 0. The molecule has 2 aliphatic rings. The number of carbonyl (C=O) groups is 1. The zero-order chi connectivity index (χ0) is 25.5. The molecule has 0 amide bonds. The number of fused-ring (bicyclic) bond motifs is 1. The van der Waals surface area contributed by atoms with Crippen molar-refractivity contribution in [3.05, 3.63) is 76.0 Å². The first-order valence-corrected chi connectivity index (χ1v) is 13.3. The molecule has 2 aromatic carbocycles. The Balaban J connectivity index is 1.40. The molecule has 0 spiro atoms. The van der Waals surface area contributed by atoms with Crippen LogP contribution >= 0.6 is 23.2 Å². The van der Waals surface area contributed by atoms with Crippen molar-refractivity contribution < 1.29 is 4.79 Å². The number of nitrogens with one attached hydrogen (secondary N) is 3. The summed E-state index contributed by atoms with van der Waals surface area (Å²) in [6.45, 7) is 3.86. The van der Waals surface area contributed by atoms with Gasteiger partial charge in [0, 0.05) is 40.1 Å². The van der Waals surface area contributed by atoms with E-state index in [2.05, 4.69) is 25.9 Å². The molecule has 3 heterocycles. The predicted octanol–water partition coefficient (Wildman–Crippen LogP) is 7.02. The van der Waals surface area contributed by atoms with Crippen LogP contribution in [0.3, 0.4) is 0 Å². The number of ketones is 1. The van der Waals surface area contributed by atoms with E-state index in [0.29, 0.717) is 21.7 Å². The van der Waals surface area contributed by atoms with Crippen molar-refractivity contribution in [1.29, 1.82) is 0 Å². The normalized spacial score (nSPS) is 17.2. The lowest BCUT2D eigenvalue weighted by molar-refractivity contribution is 0.0968. The van der Waals surface area contributed by atoms with Crippen molar-refractivity contribution in [2.75, 3.05) is 23.7 Å². The molecular weight excluding hydrogens is 505 g/mol. The highest BCUT2D eigenvalue weighted by molar-refractivity contribution is 6.36. The second-order valence-electron chi connectivity index (χ2n) is 9.87. The van der Waals surface area contributed by atoms with Crippen molar-refractivity contribution in [3.8, 4) is 11.1 Å². The van der Waals surface area contributed by atoms with Crippen molar-refractivity contribution >= 4 is 57.1 Å². The van der Waals surface area contributed by atoms with E-state index in [4.69, 9.17) is 23.2 Å². The summed E-state index contributed by atoms with van der Waals surface area (Å²) < 4.78 is 0. The van der Waals surface area contributed by atoms with Crippen LogP contribution in [0.25, 0.3) is 22.0 Å². The van der Waals surface area contributed by atoms with E-state index >= 15 is 0 Å². The number of nitrogens with zero attached hydrogens (tertiary/aromatic N) is 2. The number of pyridine rings is 2. The number of rotatable bonds is 7. The second kappa shape index (κ2) is 9.93. The summed E-state index contributed by atoms with van der Waals surface area (Å²) in [6, 6.07) is 14.2. The van der Waals surface area contributed by atoms with Crippen molar-refractivity contribution in [1.82, 2.24) is 15.3 Å². The Labute approximate surface area is 225 Å². The van der Waals surface area contributed by atoms with Gasteiger partial charge in [-0.15, -0.1) is 0 Å². The summed E-state index contributed by atoms with van der Waals surface area (Å²) in [5, 5.41) is 12.4. The number of anilines is 3. The topological polar surface area (TPSA) is 78.9 Å². The number of benzene rings is 2. The zero-order valence-corrected chi connectivity index (χ0v) is 22.0. The fourth-order valence-corrected chi connectivity index (χ4v) is 5.24. The van der Waals surface area contributed by atoms with Crippen molar-refractivity contribution in [2.24, 2.45) is 5.92 Å². The Bertz CT molecular complexity index is 1470. The average molecular weight is 532 g/mol. The number of Topliss-reactive ketones (excluding diaryl/α,β-unsaturated/α-hetero) is 1. The molecule has 4 aromatic rings. The van der Waals surface area contributed by atoms with Crippen LogP contribution in [-0.4, -0.2) is 34.9 Å². The van der Waals surface area contributed by atoms with E-state index < -0.39 is 0 Å². The fourth-order valence-electron chi connectivity index (χ4n) is 4.76. The molecule has 37 heavy (non-hydrogen) atoms. The molecule has 6 nitrogen and oxygen atoms in total. The van der Waals surface area contributed by atoms with Crippen LogP contribution in [0, 0.1) is 12.8 Å². The molecule has 2 aromatic heterocycles. The highest BCUT2D eigenvalue weighted by Gasteiger charge is 2.32. The first-order valence-electron chi connectivity index (χ1n) is 12.6. The standard InChI is InChI=1S/C29H27Cl2N5O/c1-16-24(30)11-19(12-25(16)31)18-4-6-26-22(10-18)28(23(15-33-26)29(37)17-2-3-17)36-20-5-7-27(34-14-20)35-21-8-9-32-13-21/h4-7,10-12,14-15,17,21,32H,2-3,8-9,13H2,1H3,(H,33,36)(H,34,35). The molecule has 3 N–H and O–H groups in total.